The maximum atomic E-state index is 10.6. The first-order valence-electron chi connectivity index (χ1n) is 7.39. The molecule has 0 aromatic heterocycles. The molecule has 5 nitrogen and oxygen atoms in total. The number of anilines is 1. The van der Waals surface area contributed by atoms with Crippen molar-refractivity contribution in [2.45, 2.75) is 19.8 Å². The van der Waals surface area contributed by atoms with Crippen molar-refractivity contribution in [3.05, 3.63) is 64.2 Å². The molecule has 0 heterocycles. The Bertz CT molecular complexity index is 669. The number of non-ortho nitro benzene ring substituents is 1. The van der Waals surface area contributed by atoms with Crippen molar-refractivity contribution in [2.75, 3.05) is 11.9 Å². The maximum Gasteiger partial charge on any atom is 0.269 e. The standard InChI is InChI=1S/C17H18N2O3S/c1-2-3-12-22-16-10-4-13(5-11-16)17(23)18-14-6-8-15(9-7-14)19(20)21/h4-11H,2-3,12H2,1H3,(H,18,23). The van der Waals surface area contributed by atoms with E-state index in [1.807, 2.05) is 24.3 Å². The van der Waals surface area contributed by atoms with Gasteiger partial charge in [0.2, 0.25) is 0 Å². The van der Waals surface area contributed by atoms with Gasteiger partial charge in [-0.1, -0.05) is 25.6 Å². The molecule has 23 heavy (non-hydrogen) atoms. The number of nitro groups is 1. The number of benzene rings is 2. The van der Waals surface area contributed by atoms with Crippen LogP contribution in [0.5, 0.6) is 5.75 Å². The highest BCUT2D eigenvalue weighted by Gasteiger charge is 2.06. The van der Waals surface area contributed by atoms with Crippen molar-refractivity contribution in [1.82, 2.24) is 0 Å². The summed E-state index contributed by atoms with van der Waals surface area (Å²) in [5.41, 5.74) is 1.63. The van der Waals surface area contributed by atoms with Gasteiger partial charge in [-0.15, -0.1) is 0 Å². The summed E-state index contributed by atoms with van der Waals surface area (Å²) in [5.74, 6) is 0.820. The Labute approximate surface area is 140 Å². The van der Waals surface area contributed by atoms with Gasteiger partial charge in [0, 0.05) is 23.4 Å². The molecule has 0 aliphatic rings. The lowest BCUT2D eigenvalue weighted by Gasteiger charge is -2.09. The summed E-state index contributed by atoms with van der Waals surface area (Å²) in [6.45, 7) is 2.83. The van der Waals surface area contributed by atoms with Crippen molar-refractivity contribution in [2.24, 2.45) is 0 Å². The molecular weight excluding hydrogens is 312 g/mol. The first-order chi connectivity index (χ1) is 11.1. The summed E-state index contributed by atoms with van der Waals surface area (Å²) in [4.78, 5) is 10.8. The number of nitrogens with zero attached hydrogens (tertiary/aromatic N) is 1. The van der Waals surface area contributed by atoms with Crippen LogP contribution in [0.1, 0.15) is 25.3 Å². The predicted molar refractivity (Wildman–Crippen MR) is 95.3 cm³/mol. The minimum Gasteiger partial charge on any atom is -0.494 e. The number of hydrogen-bond acceptors (Lipinski definition) is 4. The zero-order valence-electron chi connectivity index (χ0n) is 12.8. The quantitative estimate of drug-likeness (QED) is 0.349. The molecule has 0 fully saturated rings. The number of hydrogen-bond donors (Lipinski definition) is 1. The van der Waals surface area contributed by atoms with Crippen LogP contribution in [0.25, 0.3) is 0 Å². The fraction of sp³-hybridized carbons (Fsp3) is 0.235. The Morgan fingerprint density at radius 2 is 1.83 bits per heavy atom. The van der Waals surface area contributed by atoms with Gasteiger partial charge in [0.05, 0.1) is 11.5 Å². The molecule has 6 heteroatoms. The van der Waals surface area contributed by atoms with Crippen LogP contribution in [0.2, 0.25) is 0 Å². The zero-order valence-corrected chi connectivity index (χ0v) is 13.6. The summed E-state index contributed by atoms with van der Waals surface area (Å²) in [7, 11) is 0. The number of thiocarbonyl (C=S) groups is 1. The monoisotopic (exact) mass is 330 g/mol. The van der Waals surface area contributed by atoms with E-state index in [2.05, 4.69) is 12.2 Å². The van der Waals surface area contributed by atoms with Crippen molar-refractivity contribution >= 4 is 28.6 Å². The van der Waals surface area contributed by atoms with Gasteiger partial charge >= 0.3 is 0 Å². The van der Waals surface area contributed by atoms with Crippen LogP contribution in [0, 0.1) is 10.1 Å². The average molecular weight is 330 g/mol. The molecule has 0 aliphatic carbocycles. The first kappa shape index (κ1) is 16.9. The molecule has 0 saturated carbocycles. The third kappa shape index (κ3) is 5.03. The Morgan fingerprint density at radius 3 is 2.39 bits per heavy atom. The lowest BCUT2D eigenvalue weighted by atomic mass is 10.2. The van der Waals surface area contributed by atoms with Crippen molar-refractivity contribution in [1.29, 1.82) is 0 Å². The van der Waals surface area contributed by atoms with Gasteiger partial charge in [0.1, 0.15) is 10.7 Å². The molecule has 2 aromatic rings. The molecule has 120 valence electrons. The predicted octanol–water partition coefficient (Wildman–Crippen LogP) is 4.56. The van der Waals surface area contributed by atoms with E-state index in [4.69, 9.17) is 17.0 Å². The van der Waals surface area contributed by atoms with Gasteiger partial charge in [-0.3, -0.25) is 10.1 Å². The van der Waals surface area contributed by atoms with Crippen LogP contribution in [-0.2, 0) is 0 Å². The van der Waals surface area contributed by atoms with Gasteiger partial charge < -0.3 is 10.1 Å². The normalized spacial score (nSPS) is 10.1. The Kier molecular flexibility index (Phi) is 6.05. The van der Waals surface area contributed by atoms with Crippen LogP contribution < -0.4 is 10.1 Å². The van der Waals surface area contributed by atoms with E-state index in [-0.39, 0.29) is 5.69 Å². The molecule has 1 N–H and O–H groups in total. The number of unbranched alkanes of at least 4 members (excludes halogenated alkanes) is 1. The molecule has 0 amide bonds. The topological polar surface area (TPSA) is 64.4 Å². The van der Waals surface area contributed by atoms with Crippen molar-refractivity contribution in [3.63, 3.8) is 0 Å². The summed E-state index contributed by atoms with van der Waals surface area (Å²) < 4.78 is 5.61. The second-order valence-electron chi connectivity index (χ2n) is 4.98. The van der Waals surface area contributed by atoms with Gasteiger partial charge in [0.15, 0.2) is 0 Å². The molecule has 2 aromatic carbocycles. The number of rotatable bonds is 7. The summed E-state index contributed by atoms with van der Waals surface area (Å²) >= 11 is 5.35. The third-order valence-electron chi connectivity index (χ3n) is 3.22. The van der Waals surface area contributed by atoms with E-state index < -0.39 is 4.92 Å². The molecule has 0 unspecified atom stereocenters. The highest BCUT2D eigenvalue weighted by atomic mass is 32.1. The molecule has 0 atom stereocenters. The van der Waals surface area contributed by atoms with E-state index in [0.29, 0.717) is 17.3 Å². The summed E-state index contributed by atoms with van der Waals surface area (Å²) in [5, 5.41) is 13.7. The van der Waals surface area contributed by atoms with E-state index in [9.17, 15) is 10.1 Å². The Hall–Kier alpha value is -2.47. The Balaban J connectivity index is 1.96. The molecular formula is C17H18N2O3S. The van der Waals surface area contributed by atoms with Crippen LogP contribution in [0.15, 0.2) is 48.5 Å². The van der Waals surface area contributed by atoms with Gasteiger partial charge in [-0.05, 0) is 42.8 Å². The summed E-state index contributed by atoms with van der Waals surface area (Å²) in [6, 6.07) is 13.7. The summed E-state index contributed by atoms with van der Waals surface area (Å²) in [6.07, 6.45) is 2.13. The molecule has 0 saturated heterocycles. The zero-order chi connectivity index (χ0) is 16.7. The highest BCUT2D eigenvalue weighted by Crippen LogP contribution is 2.18. The fourth-order valence-electron chi connectivity index (χ4n) is 1.91. The average Bonchev–Trinajstić information content (AvgIpc) is 2.56. The SMILES string of the molecule is CCCCOc1ccc(C(=S)Nc2ccc([N+](=O)[O-])cc2)cc1. The molecule has 0 bridgehead atoms. The van der Waals surface area contributed by atoms with E-state index in [0.717, 1.165) is 24.2 Å². The second kappa shape index (κ2) is 8.24. The molecule has 0 radical (unpaired) electrons. The fourth-order valence-corrected chi connectivity index (χ4v) is 2.16. The minimum absolute atomic E-state index is 0.0510. The van der Waals surface area contributed by atoms with Crippen LogP contribution in [-0.4, -0.2) is 16.5 Å². The number of nitrogens with one attached hydrogen (secondary N) is 1. The largest absolute Gasteiger partial charge is 0.494 e. The van der Waals surface area contributed by atoms with Crippen LogP contribution in [0.4, 0.5) is 11.4 Å². The third-order valence-corrected chi connectivity index (χ3v) is 3.56. The smallest absolute Gasteiger partial charge is 0.269 e. The molecule has 0 aliphatic heterocycles. The minimum atomic E-state index is -0.431. The van der Waals surface area contributed by atoms with Crippen molar-refractivity contribution < 1.29 is 9.66 Å². The van der Waals surface area contributed by atoms with Gasteiger partial charge in [0.25, 0.3) is 5.69 Å². The maximum absolute atomic E-state index is 10.6. The second-order valence-corrected chi connectivity index (χ2v) is 5.39. The van der Waals surface area contributed by atoms with Crippen LogP contribution >= 0.6 is 12.2 Å². The van der Waals surface area contributed by atoms with E-state index >= 15 is 0 Å². The molecule has 0 spiro atoms. The van der Waals surface area contributed by atoms with Crippen molar-refractivity contribution in [3.8, 4) is 5.75 Å². The highest BCUT2D eigenvalue weighted by molar-refractivity contribution is 7.81. The van der Waals surface area contributed by atoms with Gasteiger partial charge in [-0.25, -0.2) is 0 Å². The first-order valence-corrected chi connectivity index (χ1v) is 7.79. The van der Waals surface area contributed by atoms with E-state index in [1.165, 1.54) is 12.1 Å². The number of nitro benzene ring substituents is 1. The van der Waals surface area contributed by atoms with E-state index in [1.54, 1.807) is 12.1 Å². The lowest BCUT2D eigenvalue weighted by molar-refractivity contribution is -0.384. The number of ether oxygens (including phenoxy) is 1. The molecule has 2 rings (SSSR count). The van der Waals surface area contributed by atoms with Gasteiger partial charge in [-0.2, -0.15) is 0 Å². The lowest BCUT2D eigenvalue weighted by Crippen LogP contribution is -2.10. The van der Waals surface area contributed by atoms with Crippen LogP contribution in [0.3, 0.4) is 0 Å². The Morgan fingerprint density at radius 1 is 1.17 bits per heavy atom.